The van der Waals surface area contributed by atoms with Gasteiger partial charge in [0.05, 0.1) is 18.4 Å². The third-order valence-corrected chi connectivity index (χ3v) is 4.01. The van der Waals surface area contributed by atoms with Gasteiger partial charge in [-0.3, -0.25) is 9.36 Å². The number of nitrogens with one attached hydrogen (secondary N) is 2. The second-order valence-corrected chi connectivity index (χ2v) is 6.40. The Hall–Kier alpha value is -2.38. The van der Waals surface area contributed by atoms with E-state index in [1.165, 1.54) is 0 Å². The van der Waals surface area contributed by atoms with Crippen LogP contribution in [0.3, 0.4) is 0 Å². The minimum Gasteiger partial charge on any atom is -0.362 e. The molecule has 25 heavy (non-hydrogen) atoms. The average Bonchev–Trinajstić information content (AvgIpc) is 3.24. The predicted octanol–water partition coefficient (Wildman–Crippen LogP) is 3.16. The lowest BCUT2D eigenvalue weighted by molar-refractivity contribution is 0.574. The first kappa shape index (κ1) is 17.4. The lowest BCUT2D eigenvalue weighted by Crippen LogP contribution is -2.29. The molecule has 1 aromatic carbocycles. The highest BCUT2D eigenvalue weighted by atomic mass is 35.5. The zero-order valence-electron chi connectivity index (χ0n) is 13.6. The van der Waals surface area contributed by atoms with Crippen molar-refractivity contribution in [3.63, 3.8) is 0 Å². The van der Waals surface area contributed by atoms with Gasteiger partial charge in [0, 0.05) is 36.7 Å². The molecule has 130 valence electrons. The van der Waals surface area contributed by atoms with Gasteiger partial charge in [0.2, 0.25) is 0 Å². The van der Waals surface area contributed by atoms with Crippen molar-refractivity contribution in [1.29, 1.82) is 0 Å². The van der Waals surface area contributed by atoms with Crippen LogP contribution in [0.1, 0.15) is 12.0 Å². The fraction of sp³-hybridized carbons (Fsp3) is 0.235. The Kier molecular flexibility index (Phi) is 6.03. The van der Waals surface area contributed by atoms with Crippen molar-refractivity contribution >= 4 is 34.6 Å². The fourth-order valence-electron chi connectivity index (χ4n) is 2.39. The standard InChI is InChI=1S/C17H19ClN6S/c18-15-5-1-4-14(10-15)12-24-13-16(11-21-24)22-17(25)19-6-2-8-23-9-3-7-20-23/h1,3-5,7,9-11,13H,2,6,8,12H2,(H2,19,22,25). The first-order chi connectivity index (χ1) is 12.2. The number of thiocarbonyl (C=S) groups is 1. The van der Waals surface area contributed by atoms with Crippen LogP contribution < -0.4 is 10.6 Å². The highest BCUT2D eigenvalue weighted by Crippen LogP contribution is 2.13. The summed E-state index contributed by atoms with van der Waals surface area (Å²) in [6.45, 7) is 2.30. The van der Waals surface area contributed by atoms with Crippen LogP contribution in [0.25, 0.3) is 0 Å². The largest absolute Gasteiger partial charge is 0.362 e. The van der Waals surface area contributed by atoms with Gasteiger partial charge in [-0.1, -0.05) is 23.7 Å². The van der Waals surface area contributed by atoms with Crippen molar-refractivity contribution in [2.45, 2.75) is 19.5 Å². The van der Waals surface area contributed by atoms with Gasteiger partial charge in [0.25, 0.3) is 0 Å². The molecule has 6 nitrogen and oxygen atoms in total. The molecule has 0 amide bonds. The highest BCUT2D eigenvalue weighted by molar-refractivity contribution is 7.80. The van der Waals surface area contributed by atoms with Crippen molar-refractivity contribution in [2.75, 3.05) is 11.9 Å². The molecule has 0 aliphatic rings. The number of rotatable bonds is 7. The molecule has 3 aromatic rings. The van der Waals surface area contributed by atoms with Gasteiger partial charge in [-0.25, -0.2) is 0 Å². The summed E-state index contributed by atoms with van der Waals surface area (Å²) in [5.41, 5.74) is 1.95. The number of hydrogen-bond acceptors (Lipinski definition) is 3. The van der Waals surface area contributed by atoms with Crippen LogP contribution in [0.15, 0.2) is 55.1 Å². The number of aryl methyl sites for hydroxylation is 1. The van der Waals surface area contributed by atoms with E-state index in [4.69, 9.17) is 23.8 Å². The lowest BCUT2D eigenvalue weighted by Gasteiger charge is -2.08. The van der Waals surface area contributed by atoms with E-state index >= 15 is 0 Å². The molecule has 0 unspecified atom stereocenters. The summed E-state index contributed by atoms with van der Waals surface area (Å²) in [4.78, 5) is 0. The molecule has 0 radical (unpaired) electrons. The molecule has 0 aliphatic heterocycles. The molecule has 2 heterocycles. The van der Waals surface area contributed by atoms with Gasteiger partial charge >= 0.3 is 0 Å². The monoisotopic (exact) mass is 374 g/mol. The lowest BCUT2D eigenvalue weighted by atomic mass is 10.2. The second kappa shape index (κ2) is 8.64. The van der Waals surface area contributed by atoms with E-state index in [2.05, 4.69) is 20.8 Å². The van der Waals surface area contributed by atoms with Crippen LogP contribution in [0, 0.1) is 0 Å². The summed E-state index contributed by atoms with van der Waals surface area (Å²) in [5.74, 6) is 0. The van der Waals surface area contributed by atoms with Crippen molar-refractivity contribution in [1.82, 2.24) is 24.9 Å². The Bertz CT molecular complexity index is 814. The smallest absolute Gasteiger partial charge is 0.170 e. The van der Waals surface area contributed by atoms with Crippen molar-refractivity contribution < 1.29 is 0 Å². The van der Waals surface area contributed by atoms with Crippen molar-refractivity contribution in [3.05, 3.63) is 65.7 Å². The van der Waals surface area contributed by atoms with E-state index < -0.39 is 0 Å². The van der Waals surface area contributed by atoms with Gasteiger partial charge < -0.3 is 10.6 Å². The summed E-state index contributed by atoms with van der Waals surface area (Å²) < 4.78 is 3.74. The van der Waals surface area contributed by atoms with E-state index in [9.17, 15) is 0 Å². The second-order valence-electron chi connectivity index (χ2n) is 5.56. The molecular weight excluding hydrogens is 356 g/mol. The predicted molar refractivity (Wildman–Crippen MR) is 104 cm³/mol. The van der Waals surface area contributed by atoms with E-state index in [1.807, 2.05) is 52.1 Å². The van der Waals surface area contributed by atoms with Gasteiger partial charge in [0.1, 0.15) is 0 Å². The third-order valence-electron chi connectivity index (χ3n) is 3.53. The molecule has 0 fully saturated rings. The molecule has 2 aromatic heterocycles. The first-order valence-corrected chi connectivity index (χ1v) is 8.77. The Labute approximate surface area is 156 Å². The number of benzene rings is 1. The summed E-state index contributed by atoms with van der Waals surface area (Å²) in [7, 11) is 0. The third kappa shape index (κ3) is 5.58. The summed E-state index contributed by atoms with van der Waals surface area (Å²) in [6, 6.07) is 9.66. The Morgan fingerprint density at radius 1 is 1.20 bits per heavy atom. The number of nitrogens with zero attached hydrogens (tertiary/aromatic N) is 4. The molecule has 0 saturated heterocycles. The quantitative estimate of drug-likeness (QED) is 0.491. The highest BCUT2D eigenvalue weighted by Gasteiger charge is 2.03. The number of hydrogen-bond donors (Lipinski definition) is 2. The zero-order valence-corrected chi connectivity index (χ0v) is 15.2. The van der Waals surface area contributed by atoms with Crippen LogP contribution in [-0.4, -0.2) is 31.2 Å². The Morgan fingerprint density at radius 3 is 2.92 bits per heavy atom. The van der Waals surface area contributed by atoms with Crippen LogP contribution in [0.4, 0.5) is 5.69 Å². The molecule has 0 aliphatic carbocycles. The van der Waals surface area contributed by atoms with Gasteiger partial charge in [-0.15, -0.1) is 0 Å². The maximum atomic E-state index is 6.01. The molecule has 0 bridgehead atoms. The molecule has 0 spiro atoms. The minimum atomic E-state index is 0.586. The normalized spacial score (nSPS) is 10.6. The summed E-state index contributed by atoms with van der Waals surface area (Å²) in [6.07, 6.45) is 8.34. The fourth-order valence-corrected chi connectivity index (χ4v) is 2.82. The molecule has 8 heteroatoms. The first-order valence-electron chi connectivity index (χ1n) is 7.98. The van der Waals surface area contributed by atoms with E-state index in [0.717, 1.165) is 35.8 Å². The molecular formula is C17H19ClN6S. The van der Waals surface area contributed by atoms with E-state index in [1.54, 1.807) is 12.4 Å². The topological polar surface area (TPSA) is 59.7 Å². The van der Waals surface area contributed by atoms with Gasteiger partial charge in [-0.2, -0.15) is 10.2 Å². The number of halogens is 1. The molecule has 3 rings (SSSR count). The Balaban J connectivity index is 1.42. The van der Waals surface area contributed by atoms with Gasteiger partial charge in [-0.05, 0) is 42.4 Å². The van der Waals surface area contributed by atoms with Crippen LogP contribution in [-0.2, 0) is 13.1 Å². The maximum Gasteiger partial charge on any atom is 0.170 e. The van der Waals surface area contributed by atoms with Crippen LogP contribution in [0.2, 0.25) is 5.02 Å². The summed E-state index contributed by atoms with van der Waals surface area (Å²) >= 11 is 11.3. The number of aromatic nitrogens is 4. The molecule has 0 atom stereocenters. The van der Waals surface area contributed by atoms with Gasteiger partial charge in [0.15, 0.2) is 5.11 Å². The van der Waals surface area contributed by atoms with Crippen molar-refractivity contribution in [3.8, 4) is 0 Å². The molecule has 2 N–H and O–H groups in total. The molecule has 0 saturated carbocycles. The number of anilines is 1. The zero-order chi connectivity index (χ0) is 17.5. The van der Waals surface area contributed by atoms with Crippen molar-refractivity contribution in [2.24, 2.45) is 0 Å². The minimum absolute atomic E-state index is 0.586. The maximum absolute atomic E-state index is 6.01. The van der Waals surface area contributed by atoms with Crippen LogP contribution >= 0.6 is 23.8 Å². The summed E-state index contributed by atoms with van der Waals surface area (Å²) in [5, 5.41) is 16.1. The van der Waals surface area contributed by atoms with E-state index in [0.29, 0.717) is 11.7 Å². The van der Waals surface area contributed by atoms with E-state index in [-0.39, 0.29) is 0 Å². The Morgan fingerprint density at radius 2 is 2.12 bits per heavy atom. The SMILES string of the molecule is S=C(NCCCn1cccn1)Nc1cnn(Cc2cccc(Cl)c2)c1. The van der Waals surface area contributed by atoms with Crippen LogP contribution in [0.5, 0.6) is 0 Å². The average molecular weight is 375 g/mol.